The van der Waals surface area contributed by atoms with Gasteiger partial charge in [0, 0.05) is 24.8 Å². The number of nitrogens with zero attached hydrogens (tertiary/aromatic N) is 2. The van der Waals surface area contributed by atoms with Crippen molar-refractivity contribution in [2.45, 2.75) is 25.8 Å². The summed E-state index contributed by atoms with van der Waals surface area (Å²) in [7, 11) is 0. The Morgan fingerprint density at radius 1 is 1.19 bits per heavy atom. The number of rotatable bonds is 7. The van der Waals surface area contributed by atoms with E-state index in [4.69, 9.17) is 19.3 Å². The van der Waals surface area contributed by atoms with E-state index in [0.29, 0.717) is 25.1 Å². The van der Waals surface area contributed by atoms with Gasteiger partial charge >= 0.3 is 0 Å². The minimum absolute atomic E-state index is 0.0416. The summed E-state index contributed by atoms with van der Waals surface area (Å²) in [5.41, 5.74) is 11.5. The fraction of sp³-hybridized carbons (Fsp3) is 0.357. The number of aromatic nitrogens is 1. The molecule has 1 aliphatic heterocycles. The van der Waals surface area contributed by atoms with Gasteiger partial charge in [0.2, 0.25) is 12.3 Å². The molecule has 1 amide bonds. The van der Waals surface area contributed by atoms with Gasteiger partial charge in [-0.3, -0.25) is 4.79 Å². The number of aliphatic hydroxyl groups excluding tert-OH is 1. The highest BCUT2D eigenvalue weighted by molar-refractivity contribution is 5.74. The summed E-state index contributed by atoms with van der Waals surface area (Å²) in [4.78, 5) is 15.5. The average molecular weight is 491 g/mol. The molecular weight excluding hydrogens is 456 g/mol. The molecular formula is C28H34N4O4. The lowest BCUT2D eigenvalue weighted by atomic mass is 9.99. The van der Waals surface area contributed by atoms with Gasteiger partial charge in [0.1, 0.15) is 12.4 Å². The van der Waals surface area contributed by atoms with E-state index in [1.807, 2.05) is 6.07 Å². The summed E-state index contributed by atoms with van der Waals surface area (Å²) in [6.45, 7) is 5.31. The predicted octanol–water partition coefficient (Wildman–Crippen LogP) is 3.47. The van der Waals surface area contributed by atoms with Gasteiger partial charge in [-0.25, -0.2) is 0 Å². The number of hydrogen-bond donors (Lipinski definition) is 3. The van der Waals surface area contributed by atoms with Crippen LogP contribution in [0.1, 0.15) is 29.2 Å². The first-order chi connectivity index (χ1) is 17.6. The molecule has 36 heavy (non-hydrogen) atoms. The first kappa shape index (κ1) is 25.5. The number of nitrogens with two attached hydrogens (primary N) is 1. The van der Waals surface area contributed by atoms with Gasteiger partial charge in [-0.1, -0.05) is 30.3 Å². The summed E-state index contributed by atoms with van der Waals surface area (Å²) in [5, 5.41) is 13.0. The van der Waals surface area contributed by atoms with Crippen LogP contribution in [-0.4, -0.2) is 56.0 Å². The third-order valence-electron chi connectivity index (χ3n) is 6.49. The fourth-order valence-electron chi connectivity index (χ4n) is 4.76. The molecule has 0 bridgehead atoms. The molecule has 2 aliphatic rings. The highest BCUT2D eigenvalue weighted by Crippen LogP contribution is 2.36. The van der Waals surface area contributed by atoms with Crippen LogP contribution in [0.5, 0.6) is 5.88 Å². The Kier molecular flexibility index (Phi) is 8.76. The number of carbonyl (C=O) groups is 1. The number of amides is 1. The molecule has 0 spiro atoms. The van der Waals surface area contributed by atoms with Crippen LogP contribution >= 0.6 is 0 Å². The van der Waals surface area contributed by atoms with Crippen LogP contribution in [0.3, 0.4) is 0 Å². The van der Waals surface area contributed by atoms with Crippen molar-refractivity contribution in [3.8, 4) is 17.0 Å². The van der Waals surface area contributed by atoms with Crippen LogP contribution in [0.4, 0.5) is 11.5 Å². The van der Waals surface area contributed by atoms with E-state index in [1.165, 1.54) is 16.7 Å². The second-order valence-corrected chi connectivity index (χ2v) is 8.82. The second-order valence-electron chi connectivity index (χ2n) is 8.82. The molecule has 0 radical (unpaired) electrons. The summed E-state index contributed by atoms with van der Waals surface area (Å²) in [6, 6.07) is 19.7. The molecule has 1 aromatic heterocycles. The zero-order valence-electron chi connectivity index (χ0n) is 20.7. The number of aliphatic hydroxyl groups is 1. The zero-order chi connectivity index (χ0) is 25.3. The van der Waals surface area contributed by atoms with Gasteiger partial charge in [0.15, 0.2) is 0 Å². The molecule has 1 unspecified atom stereocenters. The van der Waals surface area contributed by atoms with E-state index in [-0.39, 0.29) is 19.6 Å². The Balaban J connectivity index is 0.000000967. The van der Waals surface area contributed by atoms with Crippen molar-refractivity contribution in [3.63, 3.8) is 0 Å². The number of ether oxygens (including phenoxy) is 2. The summed E-state index contributed by atoms with van der Waals surface area (Å²) >= 11 is 0. The molecule has 8 nitrogen and oxygen atoms in total. The van der Waals surface area contributed by atoms with Crippen LogP contribution in [0, 0.1) is 6.92 Å². The molecule has 1 saturated heterocycles. The molecule has 2 aromatic carbocycles. The number of aryl methyl sites for hydroxylation is 2. The summed E-state index contributed by atoms with van der Waals surface area (Å²) in [5.74, 6) is 1.41. The largest absolute Gasteiger partial charge is 0.475 e. The van der Waals surface area contributed by atoms with Crippen LogP contribution in [-0.2, 0) is 16.0 Å². The standard InChI is InChI=1S/C27H31N3O3.CH3NO/c1-19-6-8-22(28-25-9-7-20-4-2-3-5-23(20)25)18-24(19)21-16-26(30-10-13-32-14-11-30)29-27(17-21)33-15-12-31;2-1-3/h2-6,8,16-18,25,28,31H,7,9-15H2,1H3;1H,(H2,2,3). The summed E-state index contributed by atoms with van der Waals surface area (Å²) in [6.07, 6.45) is 2.48. The SMILES string of the molecule is Cc1ccc(NC2CCc3ccccc32)cc1-c1cc(OCCO)nc(N2CCOCC2)c1.NC=O. The fourth-order valence-corrected chi connectivity index (χ4v) is 4.76. The molecule has 0 saturated carbocycles. The Hall–Kier alpha value is -3.62. The Labute approximate surface area is 212 Å². The highest BCUT2D eigenvalue weighted by Gasteiger charge is 2.22. The van der Waals surface area contributed by atoms with Crippen LogP contribution in [0.25, 0.3) is 11.1 Å². The molecule has 1 aliphatic carbocycles. The topological polar surface area (TPSA) is 110 Å². The first-order valence-electron chi connectivity index (χ1n) is 12.3. The highest BCUT2D eigenvalue weighted by atomic mass is 16.5. The minimum Gasteiger partial charge on any atom is -0.475 e. The van der Waals surface area contributed by atoms with Crippen LogP contribution < -0.4 is 20.7 Å². The van der Waals surface area contributed by atoms with Crippen molar-refractivity contribution in [1.82, 2.24) is 4.98 Å². The maximum atomic E-state index is 9.23. The van der Waals surface area contributed by atoms with Crippen molar-refractivity contribution in [1.29, 1.82) is 0 Å². The molecule has 2 heterocycles. The lowest BCUT2D eigenvalue weighted by Crippen LogP contribution is -2.36. The Morgan fingerprint density at radius 3 is 2.75 bits per heavy atom. The number of carbonyl (C=O) groups excluding carboxylic acids is 1. The van der Waals surface area contributed by atoms with Gasteiger partial charge < -0.3 is 30.5 Å². The van der Waals surface area contributed by atoms with Gasteiger partial charge in [-0.05, 0) is 65.8 Å². The number of hydrogen-bond acceptors (Lipinski definition) is 7. The van der Waals surface area contributed by atoms with E-state index in [1.54, 1.807) is 0 Å². The second kappa shape index (κ2) is 12.4. The normalized spacial score (nSPS) is 16.5. The third kappa shape index (κ3) is 6.13. The van der Waals surface area contributed by atoms with Crippen LogP contribution in [0.15, 0.2) is 54.6 Å². The summed E-state index contributed by atoms with van der Waals surface area (Å²) < 4.78 is 11.2. The van der Waals surface area contributed by atoms with Gasteiger partial charge in [-0.2, -0.15) is 4.98 Å². The number of benzene rings is 2. The van der Waals surface area contributed by atoms with E-state index < -0.39 is 0 Å². The average Bonchev–Trinajstić information content (AvgIpc) is 3.32. The minimum atomic E-state index is -0.0416. The van der Waals surface area contributed by atoms with Crippen molar-refractivity contribution in [2.24, 2.45) is 5.73 Å². The van der Waals surface area contributed by atoms with Crippen molar-refractivity contribution < 1.29 is 19.4 Å². The molecule has 5 rings (SSSR count). The predicted molar refractivity (Wildman–Crippen MR) is 141 cm³/mol. The number of pyridine rings is 1. The quantitative estimate of drug-likeness (QED) is 0.435. The Morgan fingerprint density at radius 2 is 1.97 bits per heavy atom. The molecule has 3 aromatic rings. The monoisotopic (exact) mass is 490 g/mol. The smallest absolute Gasteiger partial charge is 0.215 e. The third-order valence-corrected chi connectivity index (χ3v) is 6.49. The molecule has 1 fully saturated rings. The maximum Gasteiger partial charge on any atom is 0.215 e. The van der Waals surface area contributed by atoms with Crippen molar-refractivity contribution in [2.75, 3.05) is 49.7 Å². The van der Waals surface area contributed by atoms with Crippen LogP contribution in [0.2, 0.25) is 0 Å². The van der Waals surface area contributed by atoms with Gasteiger partial charge in [-0.15, -0.1) is 0 Å². The number of morpholine rings is 1. The van der Waals surface area contributed by atoms with Gasteiger partial charge in [0.25, 0.3) is 0 Å². The Bertz CT molecular complexity index is 1160. The maximum absolute atomic E-state index is 9.23. The van der Waals surface area contributed by atoms with Crippen molar-refractivity contribution >= 4 is 17.9 Å². The van der Waals surface area contributed by atoms with Gasteiger partial charge in [0.05, 0.1) is 25.9 Å². The number of nitrogens with one attached hydrogen (secondary N) is 1. The zero-order valence-corrected chi connectivity index (χ0v) is 20.7. The van der Waals surface area contributed by atoms with E-state index in [2.05, 4.69) is 71.4 Å². The molecule has 1 atom stereocenters. The lowest BCUT2D eigenvalue weighted by molar-refractivity contribution is -0.106. The van der Waals surface area contributed by atoms with Crippen molar-refractivity contribution in [3.05, 3.63) is 71.3 Å². The molecule has 190 valence electrons. The molecule has 4 N–H and O–H groups in total. The number of primary amides is 1. The van der Waals surface area contributed by atoms with E-state index in [9.17, 15) is 5.11 Å². The first-order valence-corrected chi connectivity index (χ1v) is 12.3. The molecule has 8 heteroatoms. The lowest BCUT2D eigenvalue weighted by Gasteiger charge is -2.28. The number of anilines is 2. The van der Waals surface area contributed by atoms with E-state index in [0.717, 1.165) is 48.6 Å². The number of fused-ring (bicyclic) bond motifs is 1. The van der Waals surface area contributed by atoms with E-state index >= 15 is 0 Å².